The van der Waals surface area contributed by atoms with Crippen molar-refractivity contribution in [3.63, 3.8) is 0 Å². The Hall–Kier alpha value is -1.59. The number of rotatable bonds is 4. The average Bonchev–Trinajstić information content (AvgIpc) is 2.47. The molecule has 0 radical (unpaired) electrons. The van der Waals surface area contributed by atoms with Crippen molar-refractivity contribution in [2.75, 3.05) is 33.3 Å². The summed E-state index contributed by atoms with van der Waals surface area (Å²) in [6, 6.07) is 7.72. The van der Waals surface area contributed by atoms with Gasteiger partial charge in [-0.2, -0.15) is 0 Å². The predicted octanol–water partition coefficient (Wildman–Crippen LogP) is -0.00320. The van der Waals surface area contributed by atoms with Crippen LogP contribution >= 0.6 is 0 Å². The second-order valence-corrected chi connectivity index (χ2v) is 4.67. The minimum atomic E-state index is 0.0935. The third kappa shape index (κ3) is 3.24. The van der Waals surface area contributed by atoms with Gasteiger partial charge in [-0.3, -0.25) is 4.79 Å². The Morgan fingerprint density at radius 3 is 3.05 bits per heavy atom. The molecule has 1 saturated heterocycles. The van der Waals surface area contributed by atoms with E-state index in [0.29, 0.717) is 13.0 Å². The third-order valence-corrected chi connectivity index (χ3v) is 3.48. The van der Waals surface area contributed by atoms with Crippen LogP contribution < -0.4 is 15.8 Å². The van der Waals surface area contributed by atoms with Crippen LogP contribution in [0.15, 0.2) is 24.3 Å². The van der Waals surface area contributed by atoms with Crippen LogP contribution in [0.3, 0.4) is 0 Å². The monoisotopic (exact) mass is 263 g/mol. The van der Waals surface area contributed by atoms with Gasteiger partial charge in [-0.05, 0) is 6.07 Å². The highest BCUT2D eigenvalue weighted by Crippen LogP contribution is 2.19. The summed E-state index contributed by atoms with van der Waals surface area (Å²) >= 11 is 0. The van der Waals surface area contributed by atoms with E-state index in [1.807, 2.05) is 29.2 Å². The molecule has 1 aliphatic heterocycles. The van der Waals surface area contributed by atoms with Crippen molar-refractivity contribution >= 4 is 5.91 Å². The fourth-order valence-electron chi connectivity index (χ4n) is 2.41. The molecular formula is C14H21N3O2. The lowest BCUT2D eigenvalue weighted by atomic mass is 10.1. The van der Waals surface area contributed by atoms with E-state index < -0.39 is 0 Å². The molecule has 3 N–H and O–H groups in total. The molecule has 1 fully saturated rings. The van der Waals surface area contributed by atoms with E-state index in [0.717, 1.165) is 30.9 Å². The number of hydrogen-bond donors (Lipinski definition) is 2. The van der Waals surface area contributed by atoms with Crippen LogP contribution in [-0.4, -0.2) is 50.1 Å². The molecule has 1 unspecified atom stereocenters. The molecule has 5 nitrogen and oxygen atoms in total. The summed E-state index contributed by atoms with van der Waals surface area (Å²) in [6.07, 6.45) is 0.362. The van der Waals surface area contributed by atoms with Gasteiger partial charge >= 0.3 is 0 Å². The van der Waals surface area contributed by atoms with E-state index in [1.54, 1.807) is 7.11 Å². The summed E-state index contributed by atoms with van der Waals surface area (Å²) in [5.41, 5.74) is 6.64. The second kappa shape index (κ2) is 6.54. The minimum absolute atomic E-state index is 0.0935. The van der Waals surface area contributed by atoms with Gasteiger partial charge in [0.2, 0.25) is 5.91 Å². The van der Waals surface area contributed by atoms with E-state index in [9.17, 15) is 4.79 Å². The number of methoxy groups -OCH3 is 1. The van der Waals surface area contributed by atoms with Crippen molar-refractivity contribution < 1.29 is 9.53 Å². The van der Waals surface area contributed by atoms with Crippen LogP contribution in [0.4, 0.5) is 0 Å². The lowest BCUT2D eigenvalue weighted by Gasteiger charge is -2.35. The SMILES string of the molecule is COc1ccccc1CC(=O)N1CCNCC1CN. The zero-order valence-electron chi connectivity index (χ0n) is 11.3. The predicted molar refractivity (Wildman–Crippen MR) is 74.1 cm³/mol. The Morgan fingerprint density at radius 1 is 1.53 bits per heavy atom. The standard InChI is InChI=1S/C14H21N3O2/c1-19-13-5-3-2-4-11(13)8-14(18)17-7-6-16-10-12(17)9-15/h2-5,12,16H,6-10,15H2,1H3. The molecule has 0 aromatic heterocycles. The van der Waals surface area contributed by atoms with Gasteiger partial charge in [0, 0.05) is 31.7 Å². The maximum atomic E-state index is 12.4. The lowest BCUT2D eigenvalue weighted by Crippen LogP contribution is -2.56. The van der Waals surface area contributed by atoms with E-state index in [1.165, 1.54) is 0 Å². The molecule has 1 atom stereocenters. The van der Waals surface area contributed by atoms with Crippen LogP contribution in [0.1, 0.15) is 5.56 Å². The van der Waals surface area contributed by atoms with E-state index in [2.05, 4.69) is 5.32 Å². The van der Waals surface area contributed by atoms with Crippen molar-refractivity contribution in [3.8, 4) is 5.75 Å². The van der Waals surface area contributed by atoms with Crippen molar-refractivity contribution in [2.45, 2.75) is 12.5 Å². The fourth-order valence-corrected chi connectivity index (χ4v) is 2.41. The van der Waals surface area contributed by atoms with Crippen LogP contribution in [-0.2, 0) is 11.2 Å². The molecule has 1 aromatic rings. The van der Waals surface area contributed by atoms with Gasteiger partial charge < -0.3 is 20.7 Å². The highest BCUT2D eigenvalue weighted by molar-refractivity contribution is 5.80. The summed E-state index contributed by atoms with van der Waals surface area (Å²) in [4.78, 5) is 14.3. The number of nitrogens with two attached hydrogens (primary N) is 1. The summed E-state index contributed by atoms with van der Waals surface area (Å²) in [7, 11) is 1.62. The van der Waals surface area contributed by atoms with E-state index in [4.69, 9.17) is 10.5 Å². The van der Waals surface area contributed by atoms with Gasteiger partial charge in [0.1, 0.15) is 5.75 Å². The van der Waals surface area contributed by atoms with Crippen molar-refractivity contribution in [1.29, 1.82) is 0 Å². The first kappa shape index (κ1) is 13.8. The number of carbonyl (C=O) groups is 1. The van der Waals surface area contributed by atoms with Gasteiger partial charge in [0.25, 0.3) is 0 Å². The highest BCUT2D eigenvalue weighted by atomic mass is 16.5. The number of ether oxygens (including phenoxy) is 1. The number of amides is 1. The summed E-state index contributed by atoms with van der Waals surface area (Å²) in [6.45, 7) is 2.81. The van der Waals surface area contributed by atoms with Crippen molar-refractivity contribution in [3.05, 3.63) is 29.8 Å². The number of nitrogens with zero attached hydrogens (tertiary/aromatic N) is 1. The Kier molecular flexibility index (Phi) is 4.76. The topological polar surface area (TPSA) is 67.6 Å². The van der Waals surface area contributed by atoms with Crippen LogP contribution in [0, 0.1) is 0 Å². The Balaban J connectivity index is 2.07. The van der Waals surface area contributed by atoms with E-state index >= 15 is 0 Å². The maximum absolute atomic E-state index is 12.4. The smallest absolute Gasteiger partial charge is 0.227 e. The number of piperazine rings is 1. The Bertz CT molecular complexity index is 436. The van der Waals surface area contributed by atoms with Gasteiger partial charge in [0.15, 0.2) is 0 Å². The quantitative estimate of drug-likeness (QED) is 0.802. The average molecular weight is 263 g/mol. The van der Waals surface area contributed by atoms with Crippen LogP contribution in [0.2, 0.25) is 0 Å². The van der Waals surface area contributed by atoms with E-state index in [-0.39, 0.29) is 11.9 Å². The number of carbonyl (C=O) groups excluding carboxylic acids is 1. The summed E-state index contributed by atoms with van der Waals surface area (Å²) < 4.78 is 5.28. The molecule has 2 rings (SSSR count). The normalized spacial score (nSPS) is 19.3. The third-order valence-electron chi connectivity index (χ3n) is 3.48. The second-order valence-electron chi connectivity index (χ2n) is 4.67. The molecule has 104 valence electrons. The van der Waals surface area contributed by atoms with Crippen LogP contribution in [0.5, 0.6) is 5.75 Å². The molecule has 1 heterocycles. The minimum Gasteiger partial charge on any atom is -0.496 e. The molecular weight excluding hydrogens is 242 g/mol. The van der Waals surface area contributed by atoms with Gasteiger partial charge in [-0.15, -0.1) is 0 Å². The molecule has 0 spiro atoms. The molecule has 0 saturated carbocycles. The first-order valence-corrected chi connectivity index (χ1v) is 6.58. The largest absolute Gasteiger partial charge is 0.496 e. The zero-order chi connectivity index (χ0) is 13.7. The van der Waals surface area contributed by atoms with Gasteiger partial charge in [0.05, 0.1) is 19.6 Å². The van der Waals surface area contributed by atoms with Crippen LogP contribution in [0.25, 0.3) is 0 Å². The number of para-hydroxylation sites is 1. The molecule has 0 aliphatic carbocycles. The first-order chi connectivity index (χ1) is 9.26. The molecule has 0 bridgehead atoms. The number of nitrogens with one attached hydrogen (secondary N) is 1. The maximum Gasteiger partial charge on any atom is 0.227 e. The first-order valence-electron chi connectivity index (χ1n) is 6.58. The number of benzene rings is 1. The molecule has 5 heteroatoms. The molecule has 1 aliphatic rings. The van der Waals surface area contributed by atoms with Gasteiger partial charge in [-0.25, -0.2) is 0 Å². The Morgan fingerprint density at radius 2 is 2.32 bits per heavy atom. The van der Waals surface area contributed by atoms with Crippen molar-refractivity contribution in [1.82, 2.24) is 10.2 Å². The fraction of sp³-hybridized carbons (Fsp3) is 0.500. The molecule has 1 aromatic carbocycles. The number of hydrogen-bond acceptors (Lipinski definition) is 4. The molecule has 19 heavy (non-hydrogen) atoms. The van der Waals surface area contributed by atoms with Gasteiger partial charge in [-0.1, -0.05) is 18.2 Å². The summed E-state index contributed by atoms with van der Waals surface area (Å²) in [5.74, 6) is 0.872. The Labute approximate surface area is 113 Å². The lowest BCUT2D eigenvalue weighted by molar-refractivity contribution is -0.133. The molecule has 1 amide bonds. The van der Waals surface area contributed by atoms with Crippen molar-refractivity contribution in [2.24, 2.45) is 5.73 Å². The highest BCUT2D eigenvalue weighted by Gasteiger charge is 2.25. The summed E-state index contributed by atoms with van der Waals surface area (Å²) in [5, 5.41) is 3.26. The zero-order valence-corrected chi connectivity index (χ0v) is 11.3.